The molecule has 0 spiro atoms. The molecule has 0 aliphatic carbocycles. The number of nitrogens with zero attached hydrogens (tertiary/aromatic N) is 1. The van der Waals surface area contributed by atoms with Crippen LogP contribution in [-0.2, 0) is 21.5 Å². The number of halogens is 2. The van der Waals surface area contributed by atoms with Crippen molar-refractivity contribution in [3.63, 3.8) is 0 Å². The first kappa shape index (κ1) is 27.2. The van der Waals surface area contributed by atoms with Crippen LogP contribution < -0.4 is 10.1 Å². The molecule has 7 heteroatoms. The van der Waals surface area contributed by atoms with E-state index in [2.05, 4.69) is 42.0 Å². The zero-order valence-corrected chi connectivity index (χ0v) is 22.6. The maximum Gasteiger partial charge on any atom is 0.261 e. The molecular formula is C26H34BrClN2O3. The summed E-state index contributed by atoms with van der Waals surface area (Å²) in [4.78, 5) is 27.6. The fraction of sp³-hybridized carbons (Fsp3) is 0.462. The number of rotatable bonds is 9. The second-order valence-corrected chi connectivity index (χ2v) is 10.6. The Balaban J connectivity index is 2.20. The highest BCUT2D eigenvalue weighted by Crippen LogP contribution is 2.31. The molecule has 0 heterocycles. The molecule has 0 saturated carbocycles. The molecule has 2 atom stereocenters. The van der Waals surface area contributed by atoms with Crippen LogP contribution in [0.4, 0.5) is 0 Å². The van der Waals surface area contributed by atoms with Gasteiger partial charge in [0.1, 0.15) is 11.8 Å². The van der Waals surface area contributed by atoms with Gasteiger partial charge in [0.15, 0.2) is 6.61 Å². The monoisotopic (exact) mass is 536 g/mol. The Morgan fingerprint density at radius 3 is 2.39 bits per heavy atom. The molecule has 2 aromatic carbocycles. The first-order valence-corrected chi connectivity index (χ1v) is 12.4. The molecule has 0 saturated heterocycles. The molecule has 2 aromatic rings. The summed E-state index contributed by atoms with van der Waals surface area (Å²) in [6, 6.07) is 12.5. The van der Waals surface area contributed by atoms with Crippen molar-refractivity contribution in [1.82, 2.24) is 10.2 Å². The van der Waals surface area contributed by atoms with E-state index in [-0.39, 0.29) is 36.4 Å². The highest BCUT2D eigenvalue weighted by molar-refractivity contribution is 9.10. The van der Waals surface area contributed by atoms with Crippen LogP contribution in [0.5, 0.6) is 5.75 Å². The molecule has 2 amide bonds. The molecule has 0 aromatic heterocycles. The number of hydrogen-bond donors (Lipinski definition) is 1. The predicted octanol–water partition coefficient (Wildman–Crippen LogP) is 6.11. The minimum atomic E-state index is -0.682. The number of carbonyl (C=O) groups excluding carboxylic acids is 2. The number of carbonyl (C=O) groups is 2. The quantitative estimate of drug-likeness (QED) is 0.420. The Kier molecular flexibility index (Phi) is 9.80. The molecule has 2 rings (SSSR count). The van der Waals surface area contributed by atoms with Crippen molar-refractivity contribution < 1.29 is 14.3 Å². The van der Waals surface area contributed by atoms with Gasteiger partial charge in [-0.3, -0.25) is 9.59 Å². The van der Waals surface area contributed by atoms with Gasteiger partial charge in [0.25, 0.3) is 5.91 Å². The van der Waals surface area contributed by atoms with E-state index in [4.69, 9.17) is 16.3 Å². The molecule has 1 N–H and O–H groups in total. The largest absolute Gasteiger partial charge is 0.483 e. The number of amides is 2. The Hall–Kier alpha value is -2.05. The lowest BCUT2D eigenvalue weighted by Crippen LogP contribution is -2.50. The predicted molar refractivity (Wildman–Crippen MR) is 138 cm³/mol. The van der Waals surface area contributed by atoms with Crippen molar-refractivity contribution in [2.75, 3.05) is 6.61 Å². The Morgan fingerprint density at radius 1 is 1.15 bits per heavy atom. The van der Waals surface area contributed by atoms with Crippen molar-refractivity contribution in [2.45, 2.75) is 72.0 Å². The van der Waals surface area contributed by atoms with Crippen LogP contribution in [0.1, 0.15) is 59.1 Å². The topological polar surface area (TPSA) is 58.6 Å². The first-order chi connectivity index (χ1) is 15.4. The summed E-state index contributed by atoms with van der Waals surface area (Å²) in [6.07, 6.45) is 0.804. The number of hydrogen-bond acceptors (Lipinski definition) is 3. The molecule has 0 aliphatic heterocycles. The summed E-state index contributed by atoms with van der Waals surface area (Å²) < 4.78 is 6.63. The summed E-state index contributed by atoms with van der Waals surface area (Å²) in [7, 11) is 0. The smallest absolute Gasteiger partial charge is 0.261 e. The van der Waals surface area contributed by atoms with E-state index in [1.54, 1.807) is 13.0 Å². The van der Waals surface area contributed by atoms with Gasteiger partial charge in [-0.15, -0.1) is 0 Å². The molecular weight excluding hydrogens is 504 g/mol. The van der Waals surface area contributed by atoms with Gasteiger partial charge in [-0.05, 0) is 70.9 Å². The third-order valence-electron chi connectivity index (χ3n) is 5.62. The second-order valence-electron chi connectivity index (χ2n) is 9.29. The lowest BCUT2D eigenvalue weighted by atomic mass is 9.87. The van der Waals surface area contributed by atoms with Crippen LogP contribution in [0, 0.1) is 0 Å². The second kappa shape index (κ2) is 11.9. The molecule has 0 fully saturated rings. The fourth-order valence-electron chi connectivity index (χ4n) is 3.17. The van der Waals surface area contributed by atoms with Crippen molar-refractivity contribution in [2.24, 2.45) is 0 Å². The Labute approximate surface area is 211 Å². The van der Waals surface area contributed by atoms with E-state index in [0.29, 0.717) is 10.8 Å². The molecule has 0 bridgehead atoms. The van der Waals surface area contributed by atoms with Gasteiger partial charge in [-0.1, -0.05) is 63.6 Å². The van der Waals surface area contributed by atoms with Crippen molar-refractivity contribution in [3.05, 3.63) is 63.1 Å². The van der Waals surface area contributed by atoms with E-state index in [0.717, 1.165) is 22.0 Å². The highest BCUT2D eigenvalue weighted by atomic mass is 79.9. The molecule has 0 aliphatic rings. The molecule has 0 radical (unpaired) electrons. The molecule has 5 nitrogen and oxygen atoms in total. The standard InChI is InChI=1S/C26H34BrClN2O3/c1-7-17(2)29-25(32)18(3)30(15-19-10-8-9-11-22(19)28)24(31)16-33-23-13-12-20(14-21(23)27)26(4,5)6/h8-14,17-18H,7,15-16H2,1-6H3,(H,29,32)/t17-,18+/m1/s1. The lowest BCUT2D eigenvalue weighted by Gasteiger charge is -2.30. The van der Waals surface area contributed by atoms with Gasteiger partial charge < -0.3 is 15.0 Å². The number of ether oxygens (including phenoxy) is 1. The fourth-order valence-corrected chi connectivity index (χ4v) is 3.85. The van der Waals surface area contributed by atoms with Crippen LogP contribution in [-0.4, -0.2) is 35.4 Å². The summed E-state index contributed by atoms with van der Waals surface area (Å²) in [5.74, 6) is 0.0692. The average molecular weight is 538 g/mol. The van der Waals surface area contributed by atoms with Gasteiger partial charge in [-0.25, -0.2) is 0 Å². The summed E-state index contributed by atoms with van der Waals surface area (Å²) in [5.41, 5.74) is 1.93. The van der Waals surface area contributed by atoms with Gasteiger partial charge in [0, 0.05) is 17.6 Å². The van der Waals surface area contributed by atoms with Crippen LogP contribution >= 0.6 is 27.5 Å². The minimum Gasteiger partial charge on any atom is -0.483 e. The Morgan fingerprint density at radius 2 is 1.82 bits per heavy atom. The minimum absolute atomic E-state index is 0.00103. The number of benzene rings is 2. The molecule has 180 valence electrons. The third-order valence-corrected chi connectivity index (χ3v) is 6.60. The normalized spacial score (nSPS) is 13.2. The number of nitrogens with one attached hydrogen (secondary N) is 1. The van der Waals surface area contributed by atoms with E-state index in [9.17, 15) is 9.59 Å². The van der Waals surface area contributed by atoms with Crippen LogP contribution in [0.3, 0.4) is 0 Å². The van der Waals surface area contributed by atoms with Gasteiger partial charge in [-0.2, -0.15) is 0 Å². The Bertz CT molecular complexity index is 974. The zero-order valence-electron chi connectivity index (χ0n) is 20.2. The van der Waals surface area contributed by atoms with Crippen LogP contribution in [0.2, 0.25) is 5.02 Å². The maximum absolute atomic E-state index is 13.2. The van der Waals surface area contributed by atoms with Gasteiger partial charge in [0.05, 0.1) is 4.47 Å². The van der Waals surface area contributed by atoms with Crippen LogP contribution in [0.25, 0.3) is 0 Å². The highest BCUT2D eigenvalue weighted by Gasteiger charge is 2.28. The third kappa shape index (κ3) is 7.75. The SMILES string of the molecule is CC[C@@H](C)NC(=O)[C@H](C)N(Cc1ccccc1Cl)C(=O)COc1ccc(C(C)(C)C)cc1Br. The van der Waals surface area contributed by atoms with Crippen LogP contribution in [0.15, 0.2) is 46.9 Å². The average Bonchev–Trinajstić information content (AvgIpc) is 2.76. The van der Waals surface area contributed by atoms with E-state index in [1.807, 2.05) is 50.2 Å². The lowest BCUT2D eigenvalue weighted by molar-refractivity contribution is -0.142. The van der Waals surface area contributed by atoms with E-state index >= 15 is 0 Å². The maximum atomic E-state index is 13.2. The molecule has 0 unspecified atom stereocenters. The van der Waals surface area contributed by atoms with Crippen molar-refractivity contribution >= 4 is 39.3 Å². The first-order valence-electron chi connectivity index (χ1n) is 11.2. The van der Waals surface area contributed by atoms with Gasteiger partial charge in [0.2, 0.25) is 5.91 Å². The summed E-state index contributed by atoms with van der Waals surface area (Å²) in [5, 5.41) is 3.50. The van der Waals surface area contributed by atoms with E-state index < -0.39 is 6.04 Å². The summed E-state index contributed by atoms with van der Waals surface area (Å²) in [6.45, 7) is 12.1. The van der Waals surface area contributed by atoms with Gasteiger partial charge >= 0.3 is 0 Å². The summed E-state index contributed by atoms with van der Waals surface area (Å²) >= 11 is 9.88. The van der Waals surface area contributed by atoms with E-state index in [1.165, 1.54) is 4.90 Å². The van der Waals surface area contributed by atoms with Crippen molar-refractivity contribution in [3.8, 4) is 5.75 Å². The zero-order chi connectivity index (χ0) is 24.8. The molecule has 33 heavy (non-hydrogen) atoms. The van der Waals surface area contributed by atoms with Crippen molar-refractivity contribution in [1.29, 1.82) is 0 Å².